The summed E-state index contributed by atoms with van der Waals surface area (Å²) in [5, 5.41) is 11.7. The number of ether oxygens (including phenoxy) is 1. The third kappa shape index (κ3) is 4.25. The summed E-state index contributed by atoms with van der Waals surface area (Å²) in [6, 6.07) is 16.4. The lowest BCUT2D eigenvalue weighted by molar-refractivity contribution is -0.375. The Balaban J connectivity index is 1.35. The van der Waals surface area contributed by atoms with Gasteiger partial charge in [0.1, 0.15) is 11.6 Å². The maximum absolute atomic E-state index is 13.1. The van der Waals surface area contributed by atoms with Crippen molar-refractivity contribution >= 4 is 16.7 Å². The predicted octanol–water partition coefficient (Wildman–Crippen LogP) is 3.55. The highest BCUT2D eigenvalue weighted by Crippen LogP contribution is 2.34. The third-order valence-corrected chi connectivity index (χ3v) is 5.80. The lowest BCUT2D eigenvalue weighted by Gasteiger charge is -2.37. The van der Waals surface area contributed by atoms with Crippen molar-refractivity contribution in [1.29, 1.82) is 5.26 Å². The van der Waals surface area contributed by atoms with Crippen molar-refractivity contribution in [3.05, 3.63) is 72.3 Å². The standard InChI is InChI=1S/C24H22FN3O2/c25-20-6-4-18(5-7-20)14-24(17-26)9-12-28(13-10-24)23(29)16-30-22-3-1-2-19-15-27-11-8-21(19)22/h1-8,11,15H,9-10,12-14,16H2/p+1. The highest BCUT2D eigenvalue weighted by Gasteiger charge is 2.36. The van der Waals surface area contributed by atoms with Gasteiger partial charge in [-0.25, -0.2) is 9.37 Å². The molecular formula is C24H23FN3O2+. The average Bonchev–Trinajstić information content (AvgIpc) is 2.79. The van der Waals surface area contributed by atoms with E-state index < -0.39 is 5.41 Å². The monoisotopic (exact) mass is 404 g/mol. The fourth-order valence-corrected chi connectivity index (χ4v) is 4.00. The molecule has 30 heavy (non-hydrogen) atoms. The number of benzene rings is 2. The zero-order valence-corrected chi connectivity index (χ0v) is 16.6. The lowest BCUT2D eigenvalue weighted by atomic mass is 9.75. The predicted molar refractivity (Wildman–Crippen MR) is 110 cm³/mol. The van der Waals surface area contributed by atoms with E-state index in [1.165, 1.54) is 12.1 Å². The topological polar surface area (TPSA) is 67.5 Å². The second-order valence-electron chi connectivity index (χ2n) is 7.77. The molecule has 5 nitrogen and oxygen atoms in total. The number of H-pyrrole nitrogens is 1. The Hall–Kier alpha value is -3.46. The van der Waals surface area contributed by atoms with E-state index in [1.54, 1.807) is 17.0 Å². The molecule has 3 aromatic rings. The minimum absolute atomic E-state index is 0.0325. The van der Waals surface area contributed by atoms with E-state index in [0.717, 1.165) is 16.3 Å². The van der Waals surface area contributed by atoms with Gasteiger partial charge in [0.25, 0.3) is 5.91 Å². The smallest absolute Gasteiger partial charge is 0.260 e. The van der Waals surface area contributed by atoms with Crippen molar-refractivity contribution in [2.24, 2.45) is 5.41 Å². The van der Waals surface area contributed by atoms with Gasteiger partial charge in [0, 0.05) is 29.9 Å². The molecule has 1 fully saturated rings. The third-order valence-electron chi connectivity index (χ3n) is 5.80. The molecule has 0 saturated carbocycles. The van der Waals surface area contributed by atoms with E-state index >= 15 is 0 Å². The Kier molecular flexibility index (Phi) is 5.62. The minimum atomic E-state index is -0.526. The van der Waals surface area contributed by atoms with Gasteiger partial charge in [-0.1, -0.05) is 18.2 Å². The molecule has 1 aliphatic rings. The number of fused-ring (bicyclic) bond motifs is 1. The van der Waals surface area contributed by atoms with Crippen molar-refractivity contribution in [3.8, 4) is 11.8 Å². The number of halogens is 1. The van der Waals surface area contributed by atoms with Crippen LogP contribution in [0.3, 0.4) is 0 Å². The fourth-order valence-electron chi connectivity index (χ4n) is 4.00. The van der Waals surface area contributed by atoms with Gasteiger partial charge in [-0.05, 0) is 49.1 Å². The van der Waals surface area contributed by atoms with Crippen molar-refractivity contribution in [2.75, 3.05) is 19.7 Å². The highest BCUT2D eigenvalue weighted by atomic mass is 19.1. The molecule has 2 aromatic carbocycles. The number of nitriles is 1. The molecule has 0 unspecified atom stereocenters. The Morgan fingerprint density at radius 3 is 2.67 bits per heavy atom. The second kappa shape index (κ2) is 8.50. The van der Waals surface area contributed by atoms with E-state index in [1.807, 2.05) is 36.7 Å². The first kappa shape index (κ1) is 19.8. The largest absolute Gasteiger partial charge is 0.483 e. The molecular weight excluding hydrogens is 381 g/mol. The molecule has 0 bridgehead atoms. The van der Waals surface area contributed by atoms with Gasteiger partial charge in [0.05, 0.1) is 11.5 Å². The first-order chi connectivity index (χ1) is 14.6. The molecule has 0 aliphatic carbocycles. The molecule has 2 heterocycles. The quantitative estimate of drug-likeness (QED) is 0.653. The molecule has 1 aliphatic heterocycles. The van der Waals surface area contributed by atoms with Gasteiger partial charge < -0.3 is 9.64 Å². The second-order valence-corrected chi connectivity index (χ2v) is 7.77. The number of likely N-dealkylation sites (tertiary alicyclic amines) is 1. The van der Waals surface area contributed by atoms with Crippen LogP contribution >= 0.6 is 0 Å². The molecule has 152 valence electrons. The molecule has 0 spiro atoms. The number of piperidine rings is 1. The van der Waals surface area contributed by atoms with E-state index in [9.17, 15) is 14.4 Å². The maximum Gasteiger partial charge on any atom is 0.260 e. The van der Waals surface area contributed by atoms with Crippen LogP contribution in [0.25, 0.3) is 10.8 Å². The summed E-state index contributed by atoms with van der Waals surface area (Å²) >= 11 is 0. The number of nitrogens with zero attached hydrogens (tertiary/aromatic N) is 2. The van der Waals surface area contributed by atoms with E-state index in [4.69, 9.17) is 4.74 Å². The lowest BCUT2D eigenvalue weighted by Crippen LogP contribution is -2.45. The number of hydrogen-bond donors (Lipinski definition) is 0. The number of carbonyl (C=O) groups is 1. The average molecular weight is 404 g/mol. The first-order valence-electron chi connectivity index (χ1n) is 10.0. The Morgan fingerprint density at radius 2 is 1.93 bits per heavy atom. The molecule has 1 N–H and O–H groups in total. The van der Waals surface area contributed by atoms with Crippen LogP contribution in [0.4, 0.5) is 4.39 Å². The van der Waals surface area contributed by atoms with Crippen LogP contribution in [0.5, 0.6) is 5.75 Å². The normalized spacial score (nSPS) is 15.5. The number of pyridine rings is 1. The van der Waals surface area contributed by atoms with Crippen LogP contribution in [-0.4, -0.2) is 30.5 Å². The van der Waals surface area contributed by atoms with Gasteiger partial charge in [0.15, 0.2) is 19.0 Å². The van der Waals surface area contributed by atoms with Crippen molar-refractivity contribution in [2.45, 2.75) is 19.3 Å². The molecule has 1 saturated heterocycles. The van der Waals surface area contributed by atoms with Crippen LogP contribution in [0.1, 0.15) is 18.4 Å². The van der Waals surface area contributed by atoms with Crippen molar-refractivity contribution < 1.29 is 18.9 Å². The van der Waals surface area contributed by atoms with Crippen LogP contribution in [-0.2, 0) is 11.2 Å². The minimum Gasteiger partial charge on any atom is -0.483 e. The number of carbonyl (C=O) groups excluding carboxylic acids is 1. The van der Waals surface area contributed by atoms with Gasteiger partial charge in [-0.2, -0.15) is 5.26 Å². The summed E-state index contributed by atoms with van der Waals surface area (Å²) in [6.07, 6.45) is 5.46. The van der Waals surface area contributed by atoms with Crippen LogP contribution in [0.15, 0.2) is 60.9 Å². The molecule has 4 rings (SSSR count). The first-order valence-corrected chi connectivity index (χ1v) is 10.0. The number of aromatic nitrogens is 1. The number of nitrogens with one attached hydrogen (secondary N) is 1. The van der Waals surface area contributed by atoms with Gasteiger partial charge >= 0.3 is 0 Å². The Morgan fingerprint density at radius 1 is 1.17 bits per heavy atom. The van der Waals surface area contributed by atoms with Crippen molar-refractivity contribution in [3.63, 3.8) is 0 Å². The number of amides is 1. The van der Waals surface area contributed by atoms with Gasteiger partial charge in [-0.3, -0.25) is 4.79 Å². The number of hydrogen-bond acceptors (Lipinski definition) is 3. The molecule has 0 radical (unpaired) electrons. The van der Waals surface area contributed by atoms with Gasteiger partial charge in [0.2, 0.25) is 0 Å². The van der Waals surface area contributed by atoms with E-state index in [0.29, 0.717) is 38.1 Å². The van der Waals surface area contributed by atoms with E-state index in [2.05, 4.69) is 11.1 Å². The summed E-state index contributed by atoms with van der Waals surface area (Å²) in [6.45, 7) is 0.998. The van der Waals surface area contributed by atoms with Crippen LogP contribution < -0.4 is 9.72 Å². The summed E-state index contributed by atoms with van der Waals surface area (Å²) in [5.41, 5.74) is 0.413. The highest BCUT2D eigenvalue weighted by molar-refractivity contribution is 5.87. The SMILES string of the molecule is N#CC1(Cc2ccc(F)cc2)CCN(C(=O)COc2cccc3c[nH+]ccc23)CC1. The fraction of sp³-hybridized carbons (Fsp3) is 0.292. The van der Waals surface area contributed by atoms with Crippen LogP contribution in [0.2, 0.25) is 0 Å². The van der Waals surface area contributed by atoms with E-state index in [-0.39, 0.29) is 18.3 Å². The maximum atomic E-state index is 13.1. The number of rotatable bonds is 5. The number of aromatic amines is 1. The molecule has 1 amide bonds. The van der Waals surface area contributed by atoms with Crippen LogP contribution in [0, 0.1) is 22.6 Å². The summed E-state index contributed by atoms with van der Waals surface area (Å²) < 4.78 is 19.0. The molecule has 0 atom stereocenters. The molecule has 1 aromatic heterocycles. The summed E-state index contributed by atoms with van der Waals surface area (Å²) in [5.74, 6) is 0.312. The summed E-state index contributed by atoms with van der Waals surface area (Å²) in [4.78, 5) is 17.5. The summed E-state index contributed by atoms with van der Waals surface area (Å²) in [7, 11) is 0. The van der Waals surface area contributed by atoms with Gasteiger partial charge in [-0.15, -0.1) is 0 Å². The molecule has 6 heteroatoms. The zero-order chi connectivity index (χ0) is 21.0. The Bertz CT molecular complexity index is 1080. The van der Waals surface area contributed by atoms with Crippen molar-refractivity contribution in [1.82, 2.24) is 4.90 Å². The zero-order valence-electron chi connectivity index (χ0n) is 16.6. The Labute approximate surface area is 174 Å².